The van der Waals surface area contributed by atoms with Gasteiger partial charge in [0.05, 0.1) is 45.1 Å². The van der Waals surface area contributed by atoms with Crippen LogP contribution in [0.4, 0.5) is 0 Å². The van der Waals surface area contributed by atoms with Crippen molar-refractivity contribution in [1.29, 1.82) is 0 Å². The Balaban J connectivity index is 3.27. The first-order valence-electron chi connectivity index (χ1n) is 7.82. The van der Waals surface area contributed by atoms with Crippen LogP contribution in [0.2, 0.25) is 0 Å². The Kier molecular flexibility index (Phi) is 12.0. The van der Waals surface area contributed by atoms with Gasteiger partial charge in [0.25, 0.3) is 0 Å². The number of carbonyl (C=O) groups is 2. The number of hydrogen-bond donors (Lipinski definition) is 0. The topological polar surface area (TPSA) is 71.1 Å². The van der Waals surface area contributed by atoms with Gasteiger partial charge in [0, 0.05) is 6.42 Å². The van der Waals surface area contributed by atoms with E-state index in [0.29, 0.717) is 33.0 Å². The molecule has 0 aromatic carbocycles. The Hall–Kier alpha value is -0.980. The molecule has 0 atom stereocenters. The van der Waals surface area contributed by atoms with Crippen LogP contribution in [0.1, 0.15) is 47.0 Å². The minimum Gasteiger partial charge on any atom is -0.463 e. The van der Waals surface area contributed by atoms with Gasteiger partial charge in [-0.15, -0.1) is 0 Å². The zero-order chi connectivity index (χ0) is 16.8. The molecule has 0 heterocycles. The van der Waals surface area contributed by atoms with Gasteiger partial charge in [-0.1, -0.05) is 6.92 Å². The summed E-state index contributed by atoms with van der Waals surface area (Å²) < 4.78 is 21.2. The van der Waals surface area contributed by atoms with Crippen LogP contribution in [-0.2, 0) is 28.5 Å². The maximum atomic E-state index is 11.2. The lowest BCUT2D eigenvalue weighted by Gasteiger charge is -2.23. The number of carbonyl (C=O) groups excluding carboxylic acids is 2. The zero-order valence-corrected chi connectivity index (χ0v) is 14.3. The number of esters is 1. The molecule has 0 radical (unpaired) electrons. The molecule has 0 aromatic rings. The van der Waals surface area contributed by atoms with Crippen LogP contribution in [0.5, 0.6) is 0 Å². The van der Waals surface area contributed by atoms with E-state index in [4.69, 9.17) is 18.9 Å². The molecule has 0 saturated heterocycles. The molecular weight excluding hydrogens is 288 g/mol. The molecule has 0 saturated carbocycles. The Morgan fingerprint density at radius 3 is 1.95 bits per heavy atom. The molecule has 130 valence electrons. The molecule has 0 aliphatic heterocycles. The highest BCUT2D eigenvalue weighted by molar-refractivity contribution is 5.80. The van der Waals surface area contributed by atoms with E-state index in [1.165, 1.54) is 6.92 Å². The third-order valence-electron chi connectivity index (χ3n) is 3.12. The van der Waals surface area contributed by atoms with Crippen molar-refractivity contribution >= 4 is 11.8 Å². The quantitative estimate of drug-likeness (QED) is 0.361. The SMILES string of the molecule is CCC(C)(C)OCCOCCOCCOC(=O)CCC(C)=O. The molecule has 0 spiro atoms. The van der Waals surface area contributed by atoms with Crippen LogP contribution in [0, 0.1) is 0 Å². The molecular formula is C16H30O6. The molecule has 6 heteroatoms. The molecule has 0 aliphatic carbocycles. The molecule has 0 unspecified atom stereocenters. The molecule has 0 amide bonds. The number of ketones is 1. The van der Waals surface area contributed by atoms with Gasteiger partial charge in [0.15, 0.2) is 0 Å². The van der Waals surface area contributed by atoms with Crippen LogP contribution in [0.25, 0.3) is 0 Å². The second-order valence-electron chi connectivity index (χ2n) is 5.61. The van der Waals surface area contributed by atoms with Crippen molar-refractivity contribution in [1.82, 2.24) is 0 Å². The fourth-order valence-corrected chi connectivity index (χ4v) is 1.37. The Bertz CT molecular complexity index is 314. The zero-order valence-electron chi connectivity index (χ0n) is 14.3. The summed E-state index contributed by atoms with van der Waals surface area (Å²) >= 11 is 0. The predicted octanol–water partition coefficient (Wildman–Crippen LogP) is 2.14. The molecule has 0 fully saturated rings. The van der Waals surface area contributed by atoms with E-state index in [9.17, 15) is 9.59 Å². The Morgan fingerprint density at radius 2 is 1.41 bits per heavy atom. The van der Waals surface area contributed by atoms with Crippen molar-refractivity contribution < 1.29 is 28.5 Å². The molecule has 0 rings (SSSR count). The fraction of sp³-hybridized carbons (Fsp3) is 0.875. The first-order chi connectivity index (χ1) is 10.4. The number of Topliss-reactive ketones (excluding diaryl/α,β-unsaturated/α-hetero) is 1. The van der Waals surface area contributed by atoms with Gasteiger partial charge in [-0.3, -0.25) is 4.79 Å². The molecule has 6 nitrogen and oxygen atoms in total. The average Bonchev–Trinajstić information content (AvgIpc) is 2.47. The fourth-order valence-electron chi connectivity index (χ4n) is 1.37. The third kappa shape index (κ3) is 14.0. The van der Waals surface area contributed by atoms with Crippen LogP contribution in [-0.4, -0.2) is 57.0 Å². The van der Waals surface area contributed by atoms with Gasteiger partial charge in [-0.05, 0) is 27.2 Å². The Morgan fingerprint density at radius 1 is 0.864 bits per heavy atom. The smallest absolute Gasteiger partial charge is 0.306 e. The van der Waals surface area contributed by atoms with Crippen molar-refractivity contribution in [2.45, 2.75) is 52.6 Å². The molecule has 0 aliphatic rings. The van der Waals surface area contributed by atoms with E-state index in [2.05, 4.69) is 6.92 Å². The predicted molar refractivity (Wildman–Crippen MR) is 82.8 cm³/mol. The van der Waals surface area contributed by atoms with Crippen LogP contribution in [0.3, 0.4) is 0 Å². The molecule has 0 aromatic heterocycles. The molecule has 0 N–H and O–H groups in total. The van der Waals surface area contributed by atoms with E-state index in [-0.39, 0.29) is 36.8 Å². The van der Waals surface area contributed by atoms with E-state index < -0.39 is 0 Å². The van der Waals surface area contributed by atoms with Gasteiger partial charge in [0.1, 0.15) is 12.4 Å². The average molecular weight is 318 g/mol. The summed E-state index contributed by atoms with van der Waals surface area (Å²) in [5.74, 6) is -0.387. The van der Waals surface area contributed by atoms with Crippen LogP contribution >= 0.6 is 0 Å². The van der Waals surface area contributed by atoms with Crippen LogP contribution < -0.4 is 0 Å². The molecule has 22 heavy (non-hydrogen) atoms. The van der Waals surface area contributed by atoms with Crippen molar-refractivity contribution in [2.75, 3.05) is 39.6 Å². The van der Waals surface area contributed by atoms with Crippen molar-refractivity contribution in [2.24, 2.45) is 0 Å². The lowest BCUT2D eigenvalue weighted by molar-refractivity contribution is -0.146. The van der Waals surface area contributed by atoms with Gasteiger partial charge in [-0.2, -0.15) is 0 Å². The number of ether oxygens (including phenoxy) is 4. The minimum absolute atomic E-state index is 0.0170. The monoisotopic (exact) mass is 318 g/mol. The summed E-state index contributed by atoms with van der Waals surface area (Å²) in [4.78, 5) is 21.9. The summed E-state index contributed by atoms with van der Waals surface area (Å²) in [6, 6.07) is 0. The second-order valence-corrected chi connectivity index (χ2v) is 5.61. The first kappa shape index (κ1) is 21.0. The summed E-state index contributed by atoms with van der Waals surface area (Å²) in [5, 5.41) is 0. The van der Waals surface area contributed by atoms with Crippen molar-refractivity contribution in [3.05, 3.63) is 0 Å². The number of rotatable bonds is 14. The van der Waals surface area contributed by atoms with E-state index in [1.807, 2.05) is 13.8 Å². The standard InChI is InChI=1S/C16H30O6/c1-5-16(3,4)22-13-11-20-9-8-19-10-12-21-15(18)7-6-14(2)17/h5-13H2,1-4H3. The van der Waals surface area contributed by atoms with Gasteiger partial charge in [0.2, 0.25) is 0 Å². The highest BCUT2D eigenvalue weighted by Gasteiger charge is 2.14. The van der Waals surface area contributed by atoms with Crippen molar-refractivity contribution in [3.8, 4) is 0 Å². The van der Waals surface area contributed by atoms with Crippen LogP contribution in [0.15, 0.2) is 0 Å². The summed E-state index contributed by atoms with van der Waals surface area (Å²) in [6.45, 7) is 10.2. The summed E-state index contributed by atoms with van der Waals surface area (Å²) in [7, 11) is 0. The lowest BCUT2D eigenvalue weighted by Crippen LogP contribution is -2.25. The highest BCUT2D eigenvalue weighted by atomic mass is 16.6. The summed E-state index contributed by atoms with van der Waals surface area (Å²) in [5.41, 5.74) is -0.105. The largest absolute Gasteiger partial charge is 0.463 e. The Labute approximate surface area is 133 Å². The maximum Gasteiger partial charge on any atom is 0.306 e. The second kappa shape index (κ2) is 12.6. The lowest BCUT2D eigenvalue weighted by atomic mass is 10.1. The normalized spacial score (nSPS) is 11.5. The van der Waals surface area contributed by atoms with Gasteiger partial charge < -0.3 is 23.7 Å². The minimum atomic E-state index is -0.370. The van der Waals surface area contributed by atoms with E-state index in [1.54, 1.807) is 0 Å². The summed E-state index contributed by atoms with van der Waals surface area (Å²) in [6.07, 6.45) is 1.32. The van der Waals surface area contributed by atoms with E-state index >= 15 is 0 Å². The highest BCUT2D eigenvalue weighted by Crippen LogP contribution is 2.12. The molecule has 0 bridgehead atoms. The third-order valence-corrected chi connectivity index (χ3v) is 3.12. The van der Waals surface area contributed by atoms with Gasteiger partial charge >= 0.3 is 5.97 Å². The number of hydrogen-bond acceptors (Lipinski definition) is 6. The van der Waals surface area contributed by atoms with E-state index in [0.717, 1.165) is 6.42 Å². The van der Waals surface area contributed by atoms with Gasteiger partial charge in [-0.25, -0.2) is 0 Å². The van der Waals surface area contributed by atoms with Crippen molar-refractivity contribution in [3.63, 3.8) is 0 Å². The maximum absolute atomic E-state index is 11.2. The first-order valence-corrected chi connectivity index (χ1v) is 7.82.